The molecule has 0 saturated carbocycles. The average molecular weight is 310 g/mol. The first-order chi connectivity index (χ1) is 8.64. The van der Waals surface area contributed by atoms with Gasteiger partial charge in [-0.15, -0.1) is 0 Å². The van der Waals surface area contributed by atoms with Crippen LogP contribution in [0.5, 0.6) is 5.75 Å². The van der Waals surface area contributed by atoms with E-state index in [1.807, 2.05) is 6.07 Å². The van der Waals surface area contributed by atoms with Crippen LogP contribution in [-0.2, 0) is 10.1 Å². The van der Waals surface area contributed by atoms with Crippen molar-refractivity contribution < 1.29 is 12.6 Å². The molecule has 0 aromatic heterocycles. The zero-order valence-corrected chi connectivity index (χ0v) is 11.8. The first kappa shape index (κ1) is 19.6. The van der Waals surface area contributed by atoms with Gasteiger partial charge in [0.05, 0.1) is 5.75 Å². The molecule has 1 aromatic rings. The van der Waals surface area contributed by atoms with E-state index in [9.17, 15) is 8.42 Å². The Morgan fingerprint density at radius 2 is 1.53 bits per heavy atom. The van der Waals surface area contributed by atoms with Gasteiger partial charge < -0.3 is 4.18 Å². The number of unbranched alkanes of at least 4 members (excludes halogenated alkanes) is 5. The van der Waals surface area contributed by atoms with E-state index in [1.54, 1.807) is 24.3 Å². The van der Waals surface area contributed by atoms with Crippen LogP contribution < -0.4 is 4.18 Å². The summed E-state index contributed by atoms with van der Waals surface area (Å²) in [7, 11) is -3.43. The van der Waals surface area contributed by atoms with Crippen molar-refractivity contribution in [1.82, 2.24) is 0 Å². The maximum atomic E-state index is 11.7. The molecule has 1 aromatic carbocycles. The summed E-state index contributed by atoms with van der Waals surface area (Å²) in [5.41, 5.74) is 0. The monoisotopic (exact) mass is 310 g/mol. The summed E-state index contributed by atoms with van der Waals surface area (Å²) in [4.78, 5) is 0. The van der Waals surface area contributed by atoms with E-state index in [2.05, 4.69) is 6.92 Å². The summed E-state index contributed by atoms with van der Waals surface area (Å²) in [6.07, 6.45) is 6.36. The minimum absolute atomic E-state index is 0. The molecule has 0 amide bonds. The molecule has 0 aliphatic heterocycles. The maximum absolute atomic E-state index is 11.7. The summed E-state index contributed by atoms with van der Waals surface area (Å²) in [6, 6.07) is 8.65. The molecule has 1 rings (SSSR count). The van der Waals surface area contributed by atoms with Crippen molar-refractivity contribution in [2.24, 2.45) is 0 Å². The van der Waals surface area contributed by atoms with Crippen molar-refractivity contribution in [1.29, 1.82) is 0 Å². The molecule has 0 heterocycles. The second-order valence-electron chi connectivity index (χ2n) is 4.43. The second-order valence-corrected chi connectivity index (χ2v) is 6.12. The molecule has 3 nitrogen and oxygen atoms in total. The average Bonchev–Trinajstić information content (AvgIpc) is 2.34. The standard InChI is InChI=1S/C14H22O3S.K.H/c1-2-3-4-5-6-10-13-18(15,16)17-14-11-8-7-9-12-14;;/h7-9,11-12H,2-6,10,13H2,1H3;;. The summed E-state index contributed by atoms with van der Waals surface area (Å²) < 4.78 is 28.3. The summed E-state index contributed by atoms with van der Waals surface area (Å²) >= 11 is 0. The topological polar surface area (TPSA) is 43.4 Å². The molecular weight excluding hydrogens is 287 g/mol. The van der Waals surface area contributed by atoms with E-state index in [0.717, 1.165) is 12.8 Å². The molecule has 19 heavy (non-hydrogen) atoms. The predicted molar refractivity (Wildman–Crippen MR) is 81.4 cm³/mol. The zero-order chi connectivity index (χ0) is 13.3. The van der Waals surface area contributed by atoms with Crippen LogP contribution in [0.1, 0.15) is 45.4 Å². The number of hydrogen-bond donors (Lipinski definition) is 0. The molecule has 5 heteroatoms. The second kappa shape index (κ2) is 11.3. The van der Waals surface area contributed by atoms with Gasteiger partial charge in [-0.25, -0.2) is 0 Å². The first-order valence-electron chi connectivity index (χ1n) is 6.61. The van der Waals surface area contributed by atoms with Gasteiger partial charge in [0, 0.05) is 0 Å². The van der Waals surface area contributed by atoms with Gasteiger partial charge in [0.15, 0.2) is 0 Å². The fourth-order valence-corrected chi connectivity index (χ4v) is 2.77. The Labute approximate surface area is 159 Å². The molecule has 0 N–H and O–H groups in total. The third kappa shape index (κ3) is 10.0. The van der Waals surface area contributed by atoms with Crippen LogP contribution in [0.15, 0.2) is 30.3 Å². The van der Waals surface area contributed by atoms with Crippen molar-refractivity contribution in [2.45, 2.75) is 45.4 Å². The van der Waals surface area contributed by atoms with Crippen LogP contribution >= 0.6 is 0 Å². The molecule has 0 atom stereocenters. The van der Waals surface area contributed by atoms with E-state index in [-0.39, 0.29) is 57.1 Å². The van der Waals surface area contributed by atoms with Crippen molar-refractivity contribution in [2.75, 3.05) is 5.75 Å². The van der Waals surface area contributed by atoms with Crippen LogP contribution in [0.3, 0.4) is 0 Å². The van der Waals surface area contributed by atoms with Gasteiger partial charge in [-0.05, 0) is 18.6 Å². The fraction of sp³-hybridized carbons (Fsp3) is 0.571. The van der Waals surface area contributed by atoms with Gasteiger partial charge in [0.1, 0.15) is 5.75 Å². The Bertz CT molecular complexity index is 418. The van der Waals surface area contributed by atoms with Gasteiger partial charge in [-0.1, -0.05) is 57.2 Å². The molecule has 0 aliphatic rings. The summed E-state index contributed by atoms with van der Waals surface area (Å²) in [6.45, 7) is 2.16. The fourth-order valence-electron chi connectivity index (χ4n) is 1.72. The number of para-hydroxylation sites is 1. The van der Waals surface area contributed by atoms with E-state index < -0.39 is 10.1 Å². The van der Waals surface area contributed by atoms with E-state index in [1.165, 1.54) is 19.3 Å². The number of benzene rings is 1. The molecule has 104 valence electrons. The van der Waals surface area contributed by atoms with Crippen molar-refractivity contribution in [3.8, 4) is 5.75 Å². The van der Waals surface area contributed by atoms with E-state index in [4.69, 9.17) is 4.18 Å². The zero-order valence-electron chi connectivity index (χ0n) is 11.0. The molecule has 0 radical (unpaired) electrons. The van der Waals surface area contributed by atoms with Gasteiger partial charge in [-0.3, -0.25) is 0 Å². The molecule has 0 bridgehead atoms. The molecule has 0 aliphatic carbocycles. The third-order valence-electron chi connectivity index (χ3n) is 2.71. The Kier molecular flexibility index (Phi) is 11.6. The van der Waals surface area contributed by atoms with Crippen LogP contribution in [0, 0.1) is 0 Å². The van der Waals surface area contributed by atoms with Crippen molar-refractivity contribution in [3.05, 3.63) is 30.3 Å². The van der Waals surface area contributed by atoms with Gasteiger partial charge >= 0.3 is 61.5 Å². The Balaban J connectivity index is 0.00000324. The molecular formula is C14H23KO3S. The third-order valence-corrected chi connectivity index (χ3v) is 3.95. The predicted octanol–water partition coefficient (Wildman–Crippen LogP) is 3.11. The summed E-state index contributed by atoms with van der Waals surface area (Å²) in [5.74, 6) is 0.497. The number of hydrogen-bond acceptors (Lipinski definition) is 3. The van der Waals surface area contributed by atoms with Crippen LogP contribution in [0.4, 0.5) is 0 Å². The van der Waals surface area contributed by atoms with Crippen LogP contribution in [-0.4, -0.2) is 65.6 Å². The normalized spacial score (nSPS) is 10.8. The molecule has 0 fully saturated rings. The number of rotatable bonds is 9. The van der Waals surface area contributed by atoms with Gasteiger partial charge in [-0.2, -0.15) is 8.42 Å². The Hall–Kier alpha value is 0.606. The SMILES string of the molecule is CCCCCCCCS(=O)(=O)Oc1ccccc1.[KH]. The van der Waals surface area contributed by atoms with Crippen LogP contribution in [0.25, 0.3) is 0 Å². The Morgan fingerprint density at radius 1 is 0.947 bits per heavy atom. The van der Waals surface area contributed by atoms with E-state index in [0.29, 0.717) is 12.2 Å². The molecule has 0 unspecified atom stereocenters. The Morgan fingerprint density at radius 3 is 2.16 bits per heavy atom. The first-order valence-corrected chi connectivity index (χ1v) is 8.19. The minimum atomic E-state index is -3.43. The summed E-state index contributed by atoms with van der Waals surface area (Å²) in [5, 5.41) is 0. The molecule has 0 spiro atoms. The quantitative estimate of drug-likeness (QED) is 0.400. The van der Waals surface area contributed by atoms with Crippen molar-refractivity contribution in [3.63, 3.8) is 0 Å². The van der Waals surface area contributed by atoms with Gasteiger partial charge in [0.25, 0.3) is 0 Å². The van der Waals surface area contributed by atoms with Crippen LogP contribution in [0.2, 0.25) is 0 Å². The molecule has 0 saturated heterocycles. The van der Waals surface area contributed by atoms with Gasteiger partial charge in [0.2, 0.25) is 0 Å². The van der Waals surface area contributed by atoms with Crippen molar-refractivity contribution >= 4 is 61.5 Å². The van der Waals surface area contributed by atoms with E-state index >= 15 is 0 Å².